The molecule has 0 saturated carbocycles. The van der Waals surface area contributed by atoms with Crippen molar-refractivity contribution in [2.45, 2.75) is 18.9 Å². The predicted octanol–water partition coefficient (Wildman–Crippen LogP) is 1.07. The lowest BCUT2D eigenvalue weighted by molar-refractivity contribution is 0.120. The van der Waals surface area contributed by atoms with Gasteiger partial charge in [0, 0.05) is 25.5 Å². The Morgan fingerprint density at radius 1 is 1.46 bits per heavy atom. The van der Waals surface area contributed by atoms with Gasteiger partial charge in [-0.05, 0) is 18.9 Å². The number of hydrogen-bond donors (Lipinski definition) is 1. The van der Waals surface area contributed by atoms with E-state index in [2.05, 4.69) is 15.3 Å². The molecule has 70 valence electrons. The number of aromatic nitrogens is 2. The molecular weight excluding hydrogens is 166 g/mol. The first-order valence-corrected chi connectivity index (χ1v) is 4.57. The molecule has 1 saturated heterocycles. The first-order valence-electron chi connectivity index (χ1n) is 4.57. The van der Waals surface area contributed by atoms with Crippen LogP contribution in [0.15, 0.2) is 18.5 Å². The van der Waals surface area contributed by atoms with E-state index >= 15 is 0 Å². The van der Waals surface area contributed by atoms with E-state index in [-0.39, 0.29) is 0 Å². The van der Waals surface area contributed by atoms with Crippen LogP contribution in [0.2, 0.25) is 0 Å². The monoisotopic (exact) mass is 179 g/mol. The fourth-order valence-electron chi connectivity index (χ4n) is 1.40. The van der Waals surface area contributed by atoms with Crippen LogP contribution in [0.1, 0.15) is 12.8 Å². The maximum absolute atomic E-state index is 5.46. The molecule has 1 aliphatic rings. The van der Waals surface area contributed by atoms with E-state index in [1.54, 1.807) is 18.5 Å². The molecule has 1 atom stereocenters. The fourth-order valence-corrected chi connectivity index (χ4v) is 1.40. The Kier molecular flexibility index (Phi) is 2.72. The van der Waals surface area contributed by atoms with E-state index < -0.39 is 0 Å². The predicted molar refractivity (Wildman–Crippen MR) is 49.5 cm³/mol. The molecule has 0 unspecified atom stereocenters. The third-order valence-corrected chi connectivity index (χ3v) is 2.08. The van der Waals surface area contributed by atoms with Crippen molar-refractivity contribution in [3.63, 3.8) is 0 Å². The molecule has 0 radical (unpaired) electrons. The highest BCUT2D eigenvalue weighted by atomic mass is 16.5. The number of anilines is 1. The van der Waals surface area contributed by atoms with Crippen LogP contribution in [0.25, 0.3) is 0 Å². The molecule has 4 heteroatoms. The Morgan fingerprint density at radius 3 is 3.00 bits per heavy atom. The maximum atomic E-state index is 5.46. The molecule has 2 rings (SSSR count). The average Bonchev–Trinajstić information content (AvgIpc) is 2.69. The second-order valence-corrected chi connectivity index (χ2v) is 3.09. The lowest BCUT2D eigenvalue weighted by Gasteiger charge is -2.09. The van der Waals surface area contributed by atoms with Crippen molar-refractivity contribution in [3.8, 4) is 0 Å². The van der Waals surface area contributed by atoms with Gasteiger partial charge in [0.05, 0.1) is 6.10 Å². The molecule has 1 fully saturated rings. The van der Waals surface area contributed by atoms with E-state index in [4.69, 9.17) is 4.74 Å². The van der Waals surface area contributed by atoms with Gasteiger partial charge >= 0.3 is 0 Å². The minimum absolute atomic E-state index is 0.337. The molecule has 1 N–H and O–H groups in total. The van der Waals surface area contributed by atoms with Crippen molar-refractivity contribution >= 4 is 5.95 Å². The van der Waals surface area contributed by atoms with Crippen LogP contribution >= 0.6 is 0 Å². The highest BCUT2D eigenvalue weighted by Crippen LogP contribution is 2.11. The van der Waals surface area contributed by atoms with E-state index in [0.29, 0.717) is 12.1 Å². The fraction of sp³-hybridized carbons (Fsp3) is 0.556. The van der Waals surface area contributed by atoms with Gasteiger partial charge in [-0.1, -0.05) is 0 Å². The summed E-state index contributed by atoms with van der Waals surface area (Å²) >= 11 is 0. The van der Waals surface area contributed by atoms with Crippen molar-refractivity contribution in [1.82, 2.24) is 9.97 Å². The van der Waals surface area contributed by atoms with Crippen molar-refractivity contribution in [3.05, 3.63) is 18.5 Å². The van der Waals surface area contributed by atoms with Gasteiger partial charge in [0.1, 0.15) is 0 Å². The third kappa shape index (κ3) is 2.39. The van der Waals surface area contributed by atoms with E-state index in [1.807, 2.05) is 0 Å². The van der Waals surface area contributed by atoms with Crippen molar-refractivity contribution in [2.24, 2.45) is 0 Å². The molecule has 0 bridgehead atoms. The molecule has 0 aromatic carbocycles. The zero-order valence-electron chi connectivity index (χ0n) is 7.44. The lowest BCUT2D eigenvalue weighted by atomic mass is 10.2. The molecule has 13 heavy (non-hydrogen) atoms. The Bertz CT molecular complexity index is 246. The van der Waals surface area contributed by atoms with Crippen molar-refractivity contribution in [2.75, 3.05) is 18.5 Å². The number of hydrogen-bond acceptors (Lipinski definition) is 4. The topological polar surface area (TPSA) is 47.0 Å². The summed E-state index contributed by atoms with van der Waals surface area (Å²) in [5.74, 6) is 0.679. The Hall–Kier alpha value is -1.16. The van der Waals surface area contributed by atoms with Crippen LogP contribution in [-0.2, 0) is 4.74 Å². The number of nitrogens with zero attached hydrogens (tertiary/aromatic N) is 2. The van der Waals surface area contributed by atoms with Crippen molar-refractivity contribution in [1.29, 1.82) is 0 Å². The van der Waals surface area contributed by atoms with Gasteiger partial charge in [-0.3, -0.25) is 0 Å². The molecule has 4 nitrogen and oxygen atoms in total. The van der Waals surface area contributed by atoms with Gasteiger partial charge < -0.3 is 10.1 Å². The second-order valence-electron chi connectivity index (χ2n) is 3.09. The number of ether oxygens (including phenoxy) is 1. The van der Waals surface area contributed by atoms with E-state index in [9.17, 15) is 0 Å². The third-order valence-electron chi connectivity index (χ3n) is 2.08. The Balaban J connectivity index is 1.79. The number of rotatable bonds is 3. The summed E-state index contributed by atoms with van der Waals surface area (Å²) in [6.45, 7) is 1.70. The highest BCUT2D eigenvalue weighted by molar-refractivity contribution is 5.22. The lowest BCUT2D eigenvalue weighted by Crippen LogP contribution is -2.19. The summed E-state index contributed by atoms with van der Waals surface area (Å²) < 4.78 is 5.46. The summed E-state index contributed by atoms with van der Waals surface area (Å²) in [4.78, 5) is 8.12. The second kappa shape index (κ2) is 4.18. The Labute approximate surface area is 77.4 Å². The minimum atomic E-state index is 0.337. The zero-order valence-corrected chi connectivity index (χ0v) is 7.44. The zero-order chi connectivity index (χ0) is 8.93. The van der Waals surface area contributed by atoms with Crippen LogP contribution in [0.3, 0.4) is 0 Å². The van der Waals surface area contributed by atoms with Gasteiger partial charge in [-0.25, -0.2) is 9.97 Å². The summed E-state index contributed by atoms with van der Waals surface area (Å²) in [6, 6.07) is 1.80. The van der Waals surface area contributed by atoms with Gasteiger partial charge in [-0.2, -0.15) is 0 Å². The van der Waals surface area contributed by atoms with Crippen LogP contribution in [0.5, 0.6) is 0 Å². The van der Waals surface area contributed by atoms with Crippen LogP contribution in [0.4, 0.5) is 5.95 Å². The summed E-state index contributed by atoms with van der Waals surface area (Å²) in [5, 5.41) is 3.14. The smallest absolute Gasteiger partial charge is 0.222 e. The SMILES string of the molecule is c1cnc(NC[C@H]2CCCO2)nc1. The quantitative estimate of drug-likeness (QED) is 0.754. The van der Waals surface area contributed by atoms with E-state index in [1.165, 1.54) is 6.42 Å². The molecule has 1 aliphatic heterocycles. The Morgan fingerprint density at radius 2 is 2.31 bits per heavy atom. The van der Waals surface area contributed by atoms with Crippen LogP contribution < -0.4 is 5.32 Å². The molecule has 0 spiro atoms. The summed E-state index contributed by atoms with van der Waals surface area (Å²) in [6.07, 6.45) is 6.10. The van der Waals surface area contributed by atoms with E-state index in [0.717, 1.165) is 19.6 Å². The van der Waals surface area contributed by atoms with Crippen LogP contribution in [0, 0.1) is 0 Å². The standard InChI is InChI=1S/C9H13N3O/c1-3-8(13-6-1)7-12-9-10-4-2-5-11-9/h2,4-5,8H,1,3,6-7H2,(H,10,11,12)/t8-/m1/s1. The highest BCUT2D eigenvalue weighted by Gasteiger charge is 2.14. The maximum Gasteiger partial charge on any atom is 0.222 e. The molecule has 1 aromatic rings. The summed E-state index contributed by atoms with van der Waals surface area (Å²) in [5.41, 5.74) is 0. The van der Waals surface area contributed by atoms with Gasteiger partial charge in [0.2, 0.25) is 5.95 Å². The molecular formula is C9H13N3O. The van der Waals surface area contributed by atoms with Gasteiger partial charge in [0.25, 0.3) is 0 Å². The minimum Gasteiger partial charge on any atom is -0.376 e. The average molecular weight is 179 g/mol. The molecule has 0 aliphatic carbocycles. The largest absolute Gasteiger partial charge is 0.376 e. The summed E-state index contributed by atoms with van der Waals surface area (Å²) in [7, 11) is 0. The first kappa shape index (κ1) is 8.44. The van der Waals surface area contributed by atoms with Gasteiger partial charge in [-0.15, -0.1) is 0 Å². The number of nitrogens with one attached hydrogen (secondary N) is 1. The normalized spacial score (nSPS) is 21.7. The van der Waals surface area contributed by atoms with Crippen molar-refractivity contribution < 1.29 is 4.74 Å². The molecule has 1 aromatic heterocycles. The molecule has 2 heterocycles. The first-order chi connectivity index (χ1) is 6.45. The van der Waals surface area contributed by atoms with Gasteiger partial charge in [0.15, 0.2) is 0 Å². The molecule has 0 amide bonds. The van der Waals surface area contributed by atoms with Crippen LogP contribution in [-0.4, -0.2) is 29.2 Å².